The van der Waals surface area contributed by atoms with Crippen LogP contribution in [0.3, 0.4) is 0 Å². The molecule has 8 heteroatoms. The van der Waals surface area contributed by atoms with Gasteiger partial charge in [-0.2, -0.15) is 0 Å². The Morgan fingerprint density at radius 2 is 1.96 bits per heavy atom. The lowest BCUT2D eigenvalue weighted by molar-refractivity contribution is 0.102. The number of carbonyl (C=O) groups excluding carboxylic acids is 1. The first-order chi connectivity index (χ1) is 12.9. The topological polar surface area (TPSA) is 84.5 Å². The van der Waals surface area contributed by atoms with Crippen LogP contribution in [0.4, 0.5) is 5.69 Å². The monoisotopic (exact) mass is 408 g/mol. The lowest BCUT2D eigenvalue weighted by Crippen LogP contribution is -2.31. The minimum absolute atomic E-state index is 0.0780. The highest BCUT2D eigenvalue weighted by atomic mass is 35.5. The standard InChI is InChI=1S/C19H21ClN2O4S/c1-13-17(20)5-2-6-18(13)22-19(23)14-7-9-16(10-8-14)27(24,25)21-12-15-4-3-11-26-15/h2,5-10,15,21H,3-4,11-12H2,1H3,(H,22,23). The number of ether oxygens (including phenoxy) is 1. The number of sulfonamides is 1. The zero-order valence-corrected chi connectivity index (χ0v) is 16.4. The van der Waals surface area contributed by atoms with Crippen LogP contribution < -0.4 is 10.0 Å². The summed E-state index contributed by atoms with van der Waals surface area (Å²) in [5.74, 6) is -0.336. The minimum atomic E-state index is -3.64. The second kappa shape index (κ2) is 8.39. The molecule has 0 bridgehead atoms. The lowest BCUT2D eigenvalue weighted by Gasteiger charge is -2.12. The van der Waals surface area contributed by atoms with Gasteiger partial charge in [-0.25, -0.2) is 13.1 Å². The van der Waals surface area contributed by atoms with Crippen molar-refractivity contribution in [2.45, 2.75) is 30.8 Å². The van der Waals surface area contributed by atoms with Gasteiger partial charge in [0.15, 0.2) is 0 Å². The van der Waals surface area contributed by atoms with Crippen molar-refractivity contribution in [3.8, 4) is 0 Å². The molecule has 1 aliphatic rings. The summed E-state index contributed by atoms with van der Waals surface area (Å²) in [5.41, 5.74) is 1.74. The number of nitrogens with one attached hydrogen (secondary N) is 2. The maximum Gasteiger partial charge on any atom is 0.255 e. The lowest BCUT2D eigenvalue weighted by atomic mass is 10.1. The van der Waals surface area contributed by atoms with E-state index in [4.69, 9.17) is 16.3 Å². The van der Waals surface area contributed by atoms with Crippen molar-refractivity contribution in [2.24, 2.45) is 0 Å². The number of hydrogen-bond donors (Lipinski definition) is 2. The predicted molar refractivity (Wildman–Crippen MR) is 105 cm³/mol. The third-order valence-corrected chi connectivity index (χ3v) is 6.32. The maximum atomic E-state index is 12.4. The number of carbonyl (C=O) groups is 1. The summed E-state index contributed by atoms with van der Waals surface area (Å²) in [6.07, 6.45) is 1.72. The normalized spacial score (nSPS) is 17.0. The largest absolute Gasteiger partial charge is 0.377 e. The second-order valence-electron chi connectivity index (χ2n) is 6.38. The van der Waals surface area contributed by atoms with Gasteiger partial charge >= 0.3 is 0 Å². The van der Waals surface area contributed by atoms with Gasteiger partial charge < -0.3 is 10.1 Å². The molecule has 1 aliphatic heterocycles. The summed E-state index contributed by atoms with van der Waals surface area (Å²) in [6, 6.07) is 11.0. The molecule has 2 N–H and O–H groups in total. The van der Waals surface area contributed by atoms with Crippen molar-refractivity contribution in [1.82, 2.24) is 4.72 Å². The van der Waals surface area contributed by atoms with E-state index in [-0.39, 0.29) is 23.5 Å². The molecule has 2 aromatic carbocycles. The highest BCUT2D eigenvalue weighted by Gasteiger charge is 2.20. The molecule has 0 aliphatic carbocycles. The van der Waals surface area contributed by atoms with Crippen molar-refractivity contribution < 1.29 is 17.9 Å². The van der Waals surface area contributed by atoms with Gasteiger partial charge in [-0.3, -0.25) is 4.79 Å². The fourth-order valence-corrected chi connectivity index (χ4v) is 4.06. The van der Waals surface area contributed by atoms with Crippen LogP contribution in [0, 0.1) is 6.92 Å². The Morgan fingerprint density at radius 1 is 1.22 bits per heavy atom. The first-order valence-electron chi connectivity index (χ1n) is 8.64. The van der Waals surface area contributed by atoms with E-state index < -0.39 is 10.0 Å². The van der Waals surface area contributed by atoms with Gasteiger partial charge in [0, 0.05) is 29.4 Å². The van der Waals surface area contributed by atoms with Gasteiger partial charge in [0.1, 0.15) is 0 Å². The molecule has 1 fully saturated rings. The average Bonchev–Trinajstić information content (AvgIpc) is 3.18. The SMILES string of the molecule is Cc1c(Cl)cccc1NC(=O)c1ccc(S(=O)(=O)NCC2CCCO2)cc1. The van der Waals surface area contributed by atoms with Crippen molar-refractivity contribution in [1.29, 1.82) is 0 Å². The van der Waals surface area contributed by atoms with E-state index in [2.05, 4.69) is 10.0 Å². The molecule has 1 heterocycles. The molecule has 1 saturated heterocycles. The van der Waals surface area contributed by atoms with E-state index in [1.165, 1.54) is 24.3 Å². The van der Waals surface area contributed by atoms with Gasteiger partial charge in [0.25, 0.3) is 5.91 Å². The van der Waals surface area contributed by atoms with Crippen molar-refractivity contribution >= 4 is 33.2 Å². The molecule has 1 unspecified atom stereocenters. The molecule has 0 aromatic heterocycles. The maximum absolute atomic E-state index is 12.4. The Hall–Kier alpha value is -1.93. The molecule has 144 valence electrons. The Balaban J connectivity index is 1.66. The van der Waals surface area contributed by atoms with E-state index in [0.717, 1.165) is 18.4 Å². The molecule has 27 heavy (non-hydrogen) atoms. The zero-order chi connectivity index (χ0) is 19.4. The highest BCUT2D eigenvalue weighted by Crippen LogP contribution is 2.23. The van der Waals surface area contributed by atoms with E-state index in [1.54, 1.807) is 18.2 Å². The van der Waals surface area contributed by atoms with Gasteiger partial charge in [-0.15, -0.1) is 0 Å². The molecule has 0 radical (unpaired) electrons. The summed E-state index contributed by atoms with van der Waals surface area (Å²) in [7, 11) is -3.64. The summed E-state index contributed by atoms with van der Waals surface area (Å²) in [5, 5.41) is 3.34. The predicted octanol–water partition coefficient (Wildman–Crippen LogP) is 3.36. The van der Waals surface area contributed by atoms with Crippen LogP contribution in [-0.2, 0) is 14.8 Å². The number of benzene rings is 2. The quantitative estimate of drug-likeness (QED) is 0.767. The molecule has 6 nitrogen and oxygen atoms in total. The van der Waals surface area contributed by atoms with Crippen LogP contribution in [0.2, 0.25) is 5.02 Å². The van der Waals surface area contributed by atoms with Crippen molar-refractivity contribution in [2.75, 3.05) is 18.5 Å². The van der Waals surface area contributed by atoms with Crippen LogP contribution >= 0.6 is 11.6 Å². The molecule has 0 spiro atoms. The Bertz CT molecular complexity index is 923. The molecule has 3 rings (SSSR count). The Morgan fingerprint density at radius 3 is 2.63 bits per heavy atom. The first kappa shape index (κ1) is 19.8. The third-order valence-electron chi connectivity index (χ3n) is 4.47. The van der Waals surface area contributed by atoms with Gasteiger partial charge in [-0.05, 0) is 61.7 Å². The molecule has 1 atom stereocenters. The van der Waals surface area contributed by atoms with Crippen LogP contribution in [0.5, 0.6) is 0 Å². The van der Waals surface area contributed by atoms with E-state index >= 15 is 0 Å². The van der Waals surface area contributed by atoms with E-state index in [9.17, 15) is 13.2 Å². The average molecular weight is 409 g/mol. The van der Waals surface area contributed by atoms with E-state index in [1.807, 2.05) is 6.92 Å². The van der Waals surface area contributed by atoms with Gasteiger partial charge in [0.05, 0.1) is 11.0 Å². The fraction of sp³-hybridized carbons (Fsp3) is 0.316. The van der Waals surface area contributed by atoms with Crippen LogP contribution in [0.1, 0.15) is 28.8 Å². The molecular formula is C19H21ClN2O4S. The van der Waals surface area contributed by atoms with E-state index in [0.29, 0.717) is 22.9 Å². The Kier molecular flexibility index (Phi) is 6.16. The van der Waals surface area contributed by atoms with Gasteiger partial charge in [0.2, 0.25) is 10.0 Å². The van der Waals surface area contributed by atoms with Crippen molar-refractivity contribution in [3.63, 3.8) is 0 Å². The number of halogens is 1. The molecular weight excluding hydrogens is 388 g/mol. The number of anilines is 1. The van der Waals surface area contributed by atoms with Crippen LogP contribution in [0.15, 0.2) is 47.4 Å². The Labute approximate surface area is 163 Å². The fourth-order valence-electron chi connectivity index (χ4n) is 2.81. The molecule has 2 aromatic rings. The highest BCUT2D eigenvalue weighted by molar-refractivity contribution is 7.89. The number of amides is 1. The number of rotatable bonds is 6. The molecule has 0 saturated carbocycles. The van der Waals surface area contributed by atoms with Gasteiger partial charge in [-0.1, -0.05) is 17.7 Å². The minimum Gasteiger partial charge on any atom is -0.377 e. The van der Waals surface area contributed by atoms with Crippen LogP contribution in [0.25, 0.3) is 0 Å². The zero-order valence-electron chi connectivity index (χ0n) is 14.9. The summed E-state index contributed by atoms with van der Waals surface area (Å²) < 4.78 is 32.7. The first-order valence-corrected chi connectivity index (χ1v) is 10.5. The number of hydrogen-bond acceptors (Lipinski definition) is 4. The second-order valence-corrected chi connectivity index (χ2v) is 8.55. The van der Waals surface area contributed by atoms with Crippen molar-refractivity contribution in [3.05, 3.63) is 58.6 Å². The summed E-state index contributed by atoms with van der Waals surface area (Å²) in [4.78, 5) is 12.5. The van der Waals surface area contributed by atoms with Crippen LogP contribution in [-0.4, -0.2) is 33.6 Å². The molecule has 1 amide bonds. The summed E-state index contributed by atoms with van der Waals surface area (Å²) in [6.45, 7) is 2.73. The smallest absolute Gasteiger partial charge is 0.255 e. The third kappa shape index (κ3) is 4.87. The summed E-state index contributed by atoms with van der Waals surface area (Å²) >= 11 is 6.06.